The first-order valence-electron chi connectivity index (χ1n) is 3.98. The Bertz CT molecular complexity index is 408. The van der Waals surface area contributed by atoms with Crippen LogP contribution in [-0.4, -0.2) is 6.04 Å². The first-order valence-corrected chi connectivity index (χ1v) is 3.98. The van der Waals surface area contributed by atoms with Crippen molar-refractivity contribution in [3.63, 3.8) is 0 Å². The summed E-state index contributed by atoms with van der Waals surface area (Å²) in [4.78, 5) is 0. The lowest BCUT2D eigenvalue weighted by Gasteiger charge is -2.09. The van der Waals surface area contributed by atoms with Gasteiger partial charge in [-0.05, 0) is 5.22 Å². The van der Waals surface area contributed by atoms with E-state index in [0.717, 1.165) is 5.22 Å². The smallest absolute Gasteiger partial charge is 0.110 e. The summed E-state index contributed by atoms with van der Waals surface area (Å²) in [5.74, 6) is -0.0967. The van der Waals surface area contributed by atoms with Crippen molar-refractivity contribution < 1.29 is 4.39 Å². The Labute approximate surface area is 70.0 Å². The molecule has 0 radical (unpaired) electrons. The number of rotatable bonds is 0. The predicted octanol–water partition coefficient (Wildman–Crippen LogP) is 0.276. The van der Waals surface area contributed by atoms with Gasteiger partial charge in [-0.1, -0.05) is 30.3 Å². The highest BCUT2D eigenvalue weighted by atomic mass is 19.1. The lowest BCUT2D eigenvalue weighted by atomic mass is 10.0. The first kappa shape index (κ1) is 7.50. The zero-order valence-electron chi connectivity index (χ0n) is 6.63. The van der Waals surface area contributed by atoms with Gasteiger partial charge in [-0.3, -0.25) is 0 Å². The molecular formula is C10H10FN. The van der Waals surface area contributed by atoms with Crippen LogP contribution in [0.5, 0.6) is 0 Å². The summed E-state index contributed by atoms with van der Waals surface area (Å²) in [6.07, 6.45) is 2.23. The zero-order valence-corrected chi connectivity index (χ0v) is 6.63. The molecule has 1 aliphatic carbocycles. The molecule has 2 heteroatoms. The highest BCUT2D eigenvalue weighted by Gasteiger charge is 2.08. The number of hydrogen-bond donors (Lipinski definition) is 1. The molecule has 0 spiro atoms. The quantitative estimate of drug-likeness (QED) is 0.584. The standard InChI is InChI=1S/C10H10FN/c11-10-6-8(12)5-7-3-1-2-4-9(7)10/h1-5,8H,6,12H2. The Balaban J connectivity index is 2.81. The van der Waals surface area contributed by atoms with E-state index >= 15 is 0 Å². The van der Waals surface area contributed by atoms with Crippen LogP contribution in [0, 0.1) is 0 Å². The fourth-order valence-corrected chi connectivity index (χ4v) is 1.50. The van der Waals surface area contributed by atoms with Gasteiger partial charge >= 0.3 is 0 Å². The van der Waals surface area contributed by atoms with E-state index in [2.05, 4.69) is 0 Å². The SMILES string of the molecule is NC1C=c2ccccc2=C(F)C1. The lowest BCUT2D eigenvalue weighted by molar-refractivity contribution is 0.668. The van der Waals surface area contributed by atoms with Gasteiger partial charge in [0, 0.05) is 17.7 Å². The number of benzene rings is 1. The van der Waals surface area contributed by atoms with Gasteiger partial charge in [0.2, 0.25) is 0 Å². The molecule has 1 unspecified atom stereocenters. The lowest BCUT2D eigenvalue weighted by Crippen LogP contribution is -2.35. The molecule has 2 N–H and O–H groups in total. The zero-order chi connectivity index (χ0) is 8.55. The van der Waals surface area contributed by atoms with E-state index in [9.17, 15) is 4.39 Å². The van der Waals surface area contributed by atoms with Gasteiger partial charge in [0.25, 0.3) is 0 Å². The molecule has 0 saturated carbocycles. The maximum atomic E-state index is 13.2. The van der Waals surface area contributed by atoms with E-state index < -0.39 is 0 Å². The normalized spacial score (nSPS) is 21.5. The average Bonchev–Trinajstić information content (AvgIpc) is 2.04. The van der Waals surface area contributed by atoms with Crippen LogP contribution >= 0.6 is 0 Å². The van der Waals surface area contributed by atoms with Crippen LogP contribution in [0.1, 0.15) is 6.42 Å². The Morgan fingerprint density at radius 3 is 2.92 bits per heavy atom. The minimum absolute atomic E-state index is 0.0967. The molecule has 1 aliphatic rings. The second kappa shape index (κ2) is 2.72. The van der Waals surface area contributed by atoms with Crippen molar-refractivity contribution in [1.29, 1.82) is 0 Å². The Morgan fingerprint density at radius 2 is 2.08 bits per heavy atom. The van der Waals surface area contributed by atoms with E-state index in [1.807, 2.05) is 24.3 Å². The monoisotopic (exact) mass is 163 g/mol. The number of nitrogens with two attached hydrogens (primary N) is 1. The van der Waals surface area contributed by atoms with Crippen molar-refractivity contribution in [2.24, 2.45) is 5.73 Å². The summed E-state index contributed by atoms with van der Waals surface area (Å²) in [5.41, 5.74) is 5.62. The van der Waals surface area contributed by atoms with Crippen molar-refractivity contribution in [3.05, 3.63) is 34.7 Å². The summed E-state index contributed by atoms with van der Waals surface area (Å²) in [6.45, 7) is 0. The molecule has 0 fully saturated rings. The van der Waals surface area contributed by atoms with Gasteiger partial charge in [-0.25, -0.2) is 4.39 Å². The van der Waals surface area contributed by atoms with Crippen molar-refractivity contribution in [2.45, 2.75) is 12.5 Å². The fourth-order valence-electron chi connectivity index (χ4n) is 1.50. The molecule has 0 aromatic heterocycles. The van der Waals surface area contributed by atoms with Crippen LogP contribution in [0.25, 0.3) is 11.9 Å². The second-order valence-corrected chi connectivity index (χ2v) is 3.03. The molecule has 0 heterocycles. The third-order valence-electron chi connectivity index (χ3n) is 2.06. The maximum absolute atomic E-state index is 13.2. The van der Waals surface area contributed by atoms with Gasteiger partial charge in [0.15, 0.2) is 0 Å². The van der Waals surface area contributed by atoms with Crippen molar-refractivity contribution in [2.75, 3.05) is 0 Å². The molecule has 1 aromatic carbocycles. The summed E-state index contributed by atoms with van der Waals surface area (Å²) in [6, 6.07) is 7.23. The van der Waals surface area contributed by atoms with Gasteiger partial charge in [-0.2, -0.15) is 0 Å². The van der Waals surface area contributed by atoms with Crippen LogP contribution in [-0.2, 0) is 0 Å². The van der Waals surface area contributed by atoms with E-state index in [1.54, 1.807) is 6.07 Å². The number of halogens is 1. The summed E-state index contributed by atoms with van der Waals surface area (Å²) in [7, 11) is 0. The minimum atomic E-state index is -0.167. The molecule has 0 amide bonds. The van der Waals surface area contributed by atoms with Crippen molar-refractivity contribution in [1.82, 2.24) is 0 Å². The van der Waals surface area contributed by atoms with Gasteiger partial charge < -0.3 is 5.73 Å². The Kier molecular flexibility index (Phi) is 1.70. The molecule has 1 atom stereocenters. The number of hydrogen-bond acceptors (Lipinski definition) is 1. The van der Waals surface area contributed by atoms with Gasteiger partial charge in [-0.15, -0.1) is 0 Å². The van der Waals surface area contributed by atoms with Gasteiger partial charge in [0.1, 0.15) is 5.83 Å². The van der Waals surface area contributed by atoms with Crippen LogP contribution in [0.4, 0.5) is 4.39 Å². The predicted molar refractivity (Wildman–Crippen MR) is 47.3 cm³/mol. The molecule has 0 aliphatic heterocycles. The molecule has 2 rings (SSSR count). The van der Waals surface area contributed by atoms with Crippen LogP contribution in [0.2, 0.25) is 0 Å². The molecule has 1 nitrogen and oxygen atoms in total. The van der Waals surface area contributed by atoms with Crippen LogP contribution < -0.4 is 16.2 Å². The molecule has 0 saturated heterocycles. The van der Waals surface area contributed by atoms with Crippen molar-refractivity contribution in [3.8, 4) is 0 Å². The maximum Gasteiger partial charge on any atom is 0.110 e. The second-order valence-electron chi connectivity index (χ2n) is 3.03. The Hall–Kier alpha value is -1.15. The third-order valence-corrected chi connectivity index (χ3v) is 2.06. The summed E-state index contributed by atoms with van der Waals surface area (Å²) >= 11 is 0. The first-order chi connectivity index (χ1) is 5.77. The summed E-state index contributed by atoms with van der Waals surface area (Å²) < 4.78 is 13.2. The molecular weight excluding hydrogens is 153 g/mol. The van der Waals surface area contributed by atoms with Gasteiger partial charge in [0.05, 0.1) is 0 Å². The fraction of sp³-hybridized carbons (Fsp3) is 0.200. The van der Waals surface area contributed by atoms with Crippen LogP contribution in [0.3, 0.4) is 0 Å². The van der Waals surface area contributed by atoms with E-state index in [0.29, 0.717) is 11.6 Å². The van der Waals surface area contributed by atoms with Crippen LogP contribution in [0.15, 0.2) is 24.3 Å². The minimum Gasteiger partial charge on any atom is -0.324 e. The Morgan fingerprint density at radius 1 is 1.33 bits per heavy atom. The van der Waals surface area contributed by atoms with Crippen molar-refractivity contribution >= 4 is 11.9 Å². The number of fused-ring (bicyclic) bond motifs is 1. The van der Waals surface area contributed by atoms with E-state index in [1.165, 1.54) is 0 Å². The summed E-state index contributed by atoms with van der Waals surface area (Å²) in [5, 5.41) is 1.60. The van der Waals surface area contributed by atoms with E-state index in [-0.39, 0.29) is 11.9 Å². The van der Waals surface area contributed by atoms with E-state index in [4.69, 9.17) is 5.73 Å². The molecule has 0 bridgehead atoms. The highest BCUT2D eigenvalue weighted by Crippen LogP contribution is 2.07. The largest absolute Gasteiger partial charge is 0.324 e. The topological polar surface area (TPSA) is 26.0 Å². The highest BCUT2D eigenvalue weighted by molar-refractivity contribution is 5.48. The molecule has 62 valence electrons. The molecule has 1 aromatic rings. The molecule has 12 heavy (non-hydrogen) atoms. The third kappa shape index (κ3) is 1.14. The average molecular weight is 163 g/mol.